The summed E-state index contributed by atoms with van der Waals surface area (Å²) in [5.41, 5.74) is 0.952. The molecule has 2 heterocycles. The molecule has 0 unspecified atom stereocenters. The molecule has 1 saturated heterocycles. The molecule has 0 radical (unpaired) electrons. The molecule has 1 aromatic carbocycles. The lowest BCUT2D eigenvalue weighted by atomic mass is 10.2. The summed E-state index contributed by atoms with van der Waals surface area (Å²) in [7, 11) is 0. The lowest BCUT2D eigenvalue weighted by Crippen LogP contribution is -2.36. The number of nitrogens with zero attached hydrogens (tertiary/aromatic N) is 2. The van der Waals surface area contributed by atoms with Crippen LogP contribution >= 0.6 is 0 Å². The van der Waals surface area contributed by atoms with E-state index in [9.17, 15) is 0 Å². The molecule has 1 aromatic heterocycles. The summed E-state index contributed by atoms with van der Waals surface area (Å²) in [6.45, 7) is 5.76. The van der Waals surface area contributed by atoms with Crippen LogP contribution in [0, 0.1) is 0 Å². The highest BCUT2D eigenvalue weighted by molar-refractivity contribution is 5.84. The number of morpholine rings is 1. The van der Waals surface area contributed by atoms with Crippen molar-refractivity contribution in [2.24, 2.45) is 0 Å². The van der Waals surface area contributed by atoms with Gasteiger partial charge in [-0.3, -0.25) is 9.88 Å². The van der Waals surface area contributed by atoms with E-state index in [1.165, 1.54) is 0 Å². The number of pyridine rings is 1. The van der Waals surface area contributed by atoms with Crippen LogP contribution in [0.15, 0.2) is 36.5 Å². The normalized spacial score (nSPS) is 16.2. The monoisotopic (exact) mass is 286 g/mol. The maximum absolute atomic E-state index is 5.90. The predicted molar refractivity (Wildman–Crippen MR) is 83.7 cm³/mol. The van der Waals surface area contributed by atoms with Gasteiger partial charge in [-0.15, -0.1) is 0 Å². The van der Waals surface area contributed by atoms with E-state index >= 15 is 0 Å². The first-order valence-corrected chi connectivity index (χ1v) is 7.70. The molecule has 0 aliphatic carbocycles. The van der Waals surface area contributed by atoms with Crippen molar-refractivity contribution in [3.8, 4) is 5.75 Å². The third-order valence-corrected chi connectivity index (χ3v) is 3.83. The molecule has 4 heteroatoms. The quantitative estimate of drug-likeness (QED) is 0.765. The van der Waals surface area contributed by atoms with E-state index in [4.69, 9.17) is 9.47 Å². The summed E-state index contributed by atoms with van der Waals surface area (Å²) >= 11 is 0. The van der Waals surface area contributed by atoms with Crippen LogP contribution in [0.2, 0.25) is 0 Å². The highest BCUT2D eigenvalue weighted by atomic mass is 16.5. The predicted octanol–water partition coefficient (Wildman–Crippen LogP) is 2.73. The zero-order chi connectivity index (χ0) is 14.3. The highest BCUT2D eigenvalue weighted by Gasteiger charge is 2.09. The second-order valence-corrected chi connectivity index (χ2v) is 5.34. The van der Waals surface area contributed by atoms with E-state index < -0.39 is 0 Å². The number of unbranched alkanes of at least 4 members (excludes halogenated alkanes) is 1. The number of hydrogen-bond donors (Lipinski definition) is 0. The first kappa shape index (κ1) is 14.3. The molecule has 0 bridgehead atoms. The fourth-order valence-electron chi connectivity index (χ4n) is 2.64. The third kappa shape index (κ3) is 3.93. The molecule has 4 nitrogen and oxygen atoms in total. The van der Waals surface area contributed by atoms with Crippen LogP contribution in [0.1, 0.15) is 12.8 Å². The SMILES string of the molecule is c1cnc2c(OCCCCN3CCOCC3)cccc2c1. The van der Waals surface area contributed by atoms with Gasteiger partial charge in [-0.25, -0.2) is 0 Å². The number of aromatic nitrogens is 1. The van der Waals surface area contributed by atoms with Crippen molar-refractivity contribution in [3.63, 3.8) is 0 Å². The van der Waals surface area contributed by atoms with Gasteiger partial charge in [0.2, 0.25) is 0 Å². The van der Waals surface area contributed by atoms with Crippen LogP contribution in [0.4, 0.5) is 0 Å². The van der Waals surface area contributed by atoms with Gasteiger partial charge in [0.05, 0.1) is 19.8 Å². The Morgan fingerprint density at radius 3 is 2.86 bits per heavy atom. The molecule has 1 fully saturated rings. The second kappa shape index (κ2) is 7.38. The average molecular weight is 286 g/mol. The van der Waals surface area contributed by atoms with E-state index in [0.29, 0.717) is 0 Å². The van der Waals surface area contributed by atoms with Crippen LogP contribution < -0.4 is 4.74 Å². The molecule has 0 spiro atoms. The minimum atomic E-state index is 0.750. The van der Waals surface area contributed by atoms with Gasteiger partial charge in [0.25, 0.3) is 0 Å². The zero-order valence-electron chi connectivity index (χ0n) is 12.3. The molecular formula is C17H22N2O2. The first-order valence-electron chi connectivity index (χ1n) is 7.70. The van der Waals surface area contributed by atoms with Gasteiger partial charge in [0.1, 0.15) is 11.3 Å². The minimum absolute atomic E-state index is 0.750. The van der Waals surface area contributed by atoms with Crippen molar-refractivity contribution < 1.29 is 9.47 Å². The number of fused-ring (bicyclic) bond motifs is 1. The van der Waals surface area contributed by atoms with Crippen LogP contribution in [0.5, 0.6) is 5.75 Å². The van der Waals surface area contributed by atoms with Crippen LogP contribution in [-0.2, 0) is 4.74 Å². The molecule has 1 aliphatic heterocycles. The van der Waals surface area contributed by atoms with E-state index in [1.54, 1.807) is 0 Å². The van der Waals surface area contributed by atoms with Crippen LogP contribution in [0.25, 0.3) is 10.9 Å². The molecule has 0 atom stereocenters. The molecule has 1 aliphatic rings. The maximum atomic E-state index is 5.90. The smallest absolute Gasteiger partial charge is 0.145 e. The van der Waals surface area contributed by atoms with Gasteiger partial charge in [-0.2, -0.15) is 0 Å². The molecule has 0 amide bonds. The number of rotatable bonds is 6. The molecule has 21 heavy (non-hydrogen) atoms. The first-order chi connectivity index (χ1) is 10.4. The largest absolute Gasteiger partial charge is 0.491 e. The number of hydrogen-bond acceptors (Lipinski definition) is 4. The number of ether oxygens (including phenoxy) is 2. The number of benzene rings is 1. The van der Waals surface area contributed by atoms with Gasteiger partial charge in [-0.05, 0) is 31.5 Å². The summed E-state index contributed by atoms with van der Waals surface area (Å²) in [5.74, 6) is 0.888. The standard InChI is InChI=1S/C17H22N2O2/c1(9-19-10-13-20-14-11-19)2-12-21-16-7-3-5-15-6-4-8-18-17(15)16/h3-8H,1-2,9-14H2. The third-order valence-electron chi connectivity index (χ3n) is 3.83. The van der Waals surface area contributed by atoms with Gasteiger partial charge in [0.15, 0.2) is 0 Å². The van der Waals surface area contributed by atoms with Crippen LogP contribution in [-0.4, -0.2) is 49.3 Å². The average Bonchev–Trinajstić information content (AvgIpc) is 2.56. The van der Waals surface area contributed by atoms with E-state index in [-0.39, 0.29) is 0 Å². The van der Waals surface area contributed by atoms with Gasteiger partial charge < -0.3 is 9.47 Å². The fourth-order valence-corrected chi connectivity index (χ4v) is 2.64. The van der Waals surface area contributed by atoms with Crippen molar-refractivity contribution in [2.75, 3.05) is 39.5 Å². The van der Waals surface area contributed by atoms with Gasteiger partial charge in [-0.1, -0.05) is 18.2 Å². The Morgan fingerprint density at radius 2 is 1.95 bits per heavy atom. The van der Waals surface area contributed by atoms with Crippen molar-refractivity contribution >= 4 is 10.9 Å². The molecule has 2 aromatic rings. The summed E-state index contributed by atoms with van der Waals surface area (Å²) in [5, 5.41) is 1.13. The Labute approximate surface area is 125 Å². The van der Waals surface area contributed by atoms with Crippen molar-refractivity contribution in [1.29, 1.82) is 0 Å². The van der Waals surface area contributed by atoms with Crippen LogP contribution in [0.3, 0.4) is 0 Å². The highest BCUT2D eigenvalue weighted by Crippen LogP contribution is 2.23. The van der Waals surface area contributed by atoms with Crippen molar-refractivity contribution in [2.45, 2.75) is 12.8 Å². The Kier molecular flexibility index (Phi) is 5.03. The molecule has 0 N–H and O–H groups in total. The Morgan fingerprint density at radius 1 is 1.10 bits per heavy atom. The molecule has 3 rings (SSSR count). The maximum Gasteiger partial charge on any atom is 0.145 e. The summed E-state index contributed by atoms with van der Waals surface area (Å²) in [4.78, 5) is 6.87. The lowest BCUT2D eigenvalue weighted by molar-refractivity contribution is 0.0368. The lowest BCUT2D eigenvalue weighted by Gasteiger charge is -2.26. The summed E-state index contributed by atoms with van der Waals surface area (Å²) in [6.07, 6.45) is 4.05. The molecule has 0 saturated carbocycles. The second-order valence-electron chi connectivity index (χ2n) is 5.34. The van der Waals surface area contributed by atoms with Crippen molar-refractivity contribution in [3.05, 3.63) is 36.5 Å². The van der Waals surface area contributed by atoms with E-state index in [2.05, 4.69) is 22.0 Å². The Bertz CT molecular complexity index is 562. The minimum Gasteiger partial charge on any atom is -0.491 e. The Hall–Kier alpha value is -1.65. The fraction of sp³-hybridized carbons (Fsp3) is 0.471. The topological polar surface area (TPSA) is 34.6 Å². The summed E-state index contributed by atoms with van der Waals surface area (Å²) < 4.78 is 11.3. The van der Waals surface area contributed by atoms with Crippen molar-refractivity contribution in [1.82, 2.24) is 9.88 Å². The van der Waals surface area contributed by atoms with E-state index in [0.717, 1.165) is 68.9 Å². The van der Waals surface area contributed by atoms with E-state index in [1.807, 2.05) is 24.4 Å². The number of para-hydroxylation sites is 1. The molecule has 112 valence electrons. The van der Waals surface area contributed by atoms with Gasteiger partial charge >= 0.3 is 0 Å². The summed E-state index contributed by atoms with van der Waals surface area (Å²) in [6, 6.07) is 10.1. The van der Waals surface area contributed by atoms with Gasteiger partial charge in [0, 0.05) is 24.7 Å². The Balaban J connectivity index is 1.44. The zero-order valence-corrected chi connectivity index (χ0v) is 12.3. The molecular weight excluding hydrogens is 264 g/mol.